The summed E-state index contributed by atoms with van der Waals surface area (Å²) < 4.78 is 0.980. The minimum atomic E-state index is -0.217. The zero-order chi connectivity index (χ0) is 15.5. The first-order valence-electron chi connectivity index (χ1n) is 7.22. The third-order valence-electron chi connectivity index (χ3n) is 3.65. The topological polar surface area (TPSA) is 69.3 Å². The van der Waals surface area contributed by atoms with Gasteiger partial charge in [-0.25, -0.2) is 10.4 Å². The lowest BCUT2D eigenvalue weighted by molar-refractivity contribution is -0.124. The molecule has 1 atom stereocenters. The fraction of sp³-hybridized carbons (Fsp3) is 0.333. The van der Waals surface area contributed by atoms with Crippen molar-refractivity contribution in [2.24, 2.45) is 0 Å². The molecule has 0 radical (unpaired) electrons. The van der Waals surface area contributed by atoms with Crippen molar-refractivity contribution < 1.29 is 4.79 Å². The van der Waals surface area contributed by atoms with E-state index in [1.807, 2.05) is 30.3 Å². The number of carbonyl (C=O) groups excluding carboxylic acids is 1. The van der Waals surface area contributed by atoms with E-state index < -0.39 is 0 Å². The highest BCUT2D eigenvalue weighted by Gasteiger charge is 2.21. The SMILES string of the molecule is CN(NC(=O)[C@@H]1CCCNN1)c1ccc2ccc(Br)cc2n1. The van der Waals surface area contributed by atoms with Crippen LogP contribution in [0.5, 0.6) is 0 Å². The maximum Gasteiger partial charge on any atom is 0.257 e. The number of fused-ring (bicyclic) bond motifs is 1. The highest BCUT2D eigenvalue weighted by Crippen LogP contribution is 2.20. The van der Waals surface area contributed by atoms with Gasteiger partial charge in [0.1, 0.15) is 11.9 Å². The van der Waals surface area contributed by atoms with Crippen molar-refractivity contribution in [2.45, 2.75) is 18.9 Å². The molecule has 2 heterocycles. The second-order valence-corrected chi connectivity index (χ2v) is 6.22. The molecule has 1 saturated heterocycles. The van der Waals surface area contributed by atoms with Gasteiger partial charge in [-0.2, -0.15) is 0 Å². The highest BCUT2D eigenvalue weighted by atomic mass is 79.9. The summed E-state index contributed by atoms with van der Waals surface area (Å²) in [5.41, 5.74) is 9.75. The summed E-state index contributed by atoms with van der Waals surface area (Å²) in [5.74, 6) is 0.633. The molecule has 3 N–H and O–H groups in total. The van der Waals surface area contributed by atoms with Gasteiger partial charge in [-0.05, 0) is 37.1 Å². The number of halogens is 1. The van der Waals surface area contributed by atoms with Crippen LogP contribution in [0.1, 0.15) is 12.8 Å². The van der Waals surface area contributed by atoms with E-state index in [4.69, 9.17) is 0 Å². The Hall–Kier alpha value is -1.70. The molecular weight excluding hydrogens is 346 g/mol. The van der Waals surface area contributed by atoms with Crippen LogP contribution in [0.2, 0.25) is 0 Å². The minimum absolute atomic E-state index is 0.0640. The van der Waals surface area contributed by atoms with Crippen LogP contribution in [0, 0.1) is 0 Å². The van der Waals surface area contributed by atoms with E-state index in [2.05, 4.69) is 37.2 Å². The summed E-state index contributed by atoms with van der Waals surface area (Å²) in [6.45, 7) is 0.890. The number of carbonyl (C=O) groups is 1. The van der Waals surface area contributed by atoms with Gasteiger partial charge in [0, 0.05) is 23.5 Å². The Morgan fingerprint density at radius 1 is 1.41 bits per heavy atom. The van der Waals surface area contributed by atoms with Crippen LogP contribution in [0.15, 0.2) is 34.8 Å². The average molecular weight is 364 g/mol. The van der Waals surface area contributed by atoms with Crippen LogP contribution >= 0.6 is 15.9 Å². The molecule has 1 aromatic heterocycles. The Morgan fingerprint density at radius 2 is 2.23 bits per heavy atom. The summed E-state index contributed by atoms with van der Waals surface area (Å²) in [7, 11) is 1.79. The molecule has 1 fully saturated rings. The van der Waals surface area contributed by atoms with E-state index in [0.29, 0.717) is 5.82 Å². The van der Waals surface area contributed by atoms with Gasteiger partial charge in [0.05, 0.1) is 5.52 Å². The van der Waals surface area contributed by atoms with Gasteiger partial charge in [-0.1, -0.05) is 22.0 Å². The molecule has 7 heteroatoms. The van der Waals surface area contributed by atoms with E-state index in [1.54, 1.807) is 12.1 Å². The van der Waals surface area contributed by atoms with Gasteiger partial charge >= 0.3 is 0 Å². The first-order chi connectivity index (χ1) is 10.6. The fourth-order valence-corrected chi connectivity index (χ4v) is 2.77. The number of benzene rings is 1. The zero-order valence-corrected chi connectivity index (χ0v) is 13.9. The lowest BCUT2D eigenvalue weighted by Crippen LogP contribution is -2.56. The molecule has 1 aromatic carbocycles. The Balaban J connectivity index is 1.73. The van der Waals surface area contributed by atoms with Crippen molar-refractivity contribution in [3.8, 4) is 0 Å². The van der Waals surface area contributed by atoms with Crippen molar-refractivity contribution in [1.29, 1.82) is 0 Å². The monoisotopic (exact) mass is 363 g/mol. The second-order valence-electron chi connectivity index (χ2n) is 5.31. The normalized spacial score (nSPS) is 18.2. The molecular formula is C15H18BrN5O. The minimum Gasteiger partial charge on any atom is -0.271 e. The molecule has 0 bridgehead atoms. The molecule has 2 aromatic rings. The lowest BCUT2D eigenvalue weighted by Gasteiger charge is -2.26. The molecule has 1 aliphatic rings. The summed E-state index contributed by atoms with van der Waals surface area (Å²) in [4.78, 5) is 16.8. The first-order valence-corrected chi connectivity index (χ1v) is 8.02. The van der Waals surface area contributed by atoms with E-state index in [-0.39, 0.29) is 11.9 Å². The Bertz CT molecular complexity index is 687. The molecule has 1 aliphatic heterocycles. The largest absolute Gasteiger partial charge is 0.271 e. The van der Waals surface area contributed by atoms with E-state index in [0.717, 1.165) is 34.8 Å². The van der Waals surface area contributed by atoms with Gasteiger partial charge in [0.25, 0.3) is 5.91 Å². The number of anilines is 1. The van der Waals surface area contributed by atoms with Crippen LogP contribution < -0.4 is 21.3 Å². The molecule has 0 aliphatic carbocycles. The molecule has 1 amide bonds. The van der Waals surface area contributed by atoms with Crippen LogP contribution in [0.3, 0.4) is 0 Å². The van der Waals surface area contributed by atoms with Crippen LogP contribution in [-0.4, -0.2) is 30.5 Å². The third kappa shape index (κ3) is 3.37. The number of nitrogens with zero attached hydrogens (tertiary/aromatic N) is 2. The second kappa shape index (κ2) is 6.60. The zero-order valence-electron chi connectivity index (χ0n) is 12.3. The summed E-state index contributed by atoms with van der Waals surface area (Å²) in [5, 5.41) is 2.71. The maximum absolute atomic E-state index is 12.2. The van der Waals surface area contributed by atoms with Crippen molar-refractivity contribution >= 4 is 38.6 Å². The van der Waals surface area contributed by atoms with Gasteiger partial charge in [-0.15, -0.1) is 0 Å². The Labute approximate surface area is 137 Å². The van der Waals surface area contributed by atoms with E-state index in [1.165, 1.54) is 0 Å². The predicted octanol–water partition coefficient (Wildman–Crippen LogP) is 1.72. The average Bonchev–Trinajstić information content (AvgIpc) is 2.54. The molecule has 22 heavy (non-hydrogen) atoms. The quantitative estimate of drug-likeness (QED) is 0.724. The highest BCUT2D eigenvalue weighted by molar-refractivity contribution is 9.10. The van der Waals surface area contributed by atoms with Gasteiger partial charge < -0.3 is 0 Å². The molecule has 0 saturated carbocycles. The van der Waals surface area contributed by atoms with E-state index in [9.17, 15) is 4.79 Å². The number of aromatic nitrogens is 1. The molecule has 6 nitrogen and oxygen atoms in total. The molecule has 3 rings (SSSR count). The van der Waals surface area contributed by atoms with Gasteiger partial charge in [0.2, 0.25) is 0 Å². The predicted molar refractivity (Wildman–Crippen MR) is 90.1 cm³/mol. The van der Waals surface area contributed by atoms with Crippen molar-refractivity contribution in [3.05, 3.63) is 34.8 Å². The van der Waals surface area contributed by atoms with Crippen molar-refractivity contribution in [2.75, 3.05) is 18.6 Å². The Morgan fingerprint density at radius 3 is 3.00 bits per heavy atom. The van der Waals surface area contributed by atoms with Crippen molar-refractivity contribution in [3.63, 3.8) is 0 Å². The number of hydrazine groups is 2. The number of hydrogen-bond acceptors (Lipinski definition) is 5. The summed E-state index contributed by atoms with van der Waals surface area (Å²) in [6, 6.07) is 9.62. The van der Waals surface area contributed by atoms with Crippen LogP contribution in [-0.2, 0) is 4.79 Å². The number of nitrogens with one attached hydrogen (secondary N) is 3. The number of rotatable bonds is 3. The molecule has 0 unspecified atom stereocenters. The third-order valence-corrected chi connectivity index (χ3v) is 4.14. The number of hydrogen-bond donors (Lipinski definition) is 3. The Kier molecular flexibility index (Phi) is 4.56. The molecule has 116 valence electrons. The van der Waals surface area contributed by atoms with Crippen molar-refractivity contribution in [1.82, 2.24) is 21.3 Å². The molecule has 0 spiro atoms. The van der Waals surface area contributed by atoms with Crippen LogP contribution in [0.25, 0.3) is 10.9 Å². The standard InChI is InChI=1S/C15H18BrN5O/c1-21(20-15(22)12-3-2-8-17-19-12)14-7-5-10-4-6-11(16)9-13(10)18-14/h4-7,9,12,17,19H,2-3,8H2,1H3,(H,20,22)/t12-/m0/s1. The summed E-state index contributed by atoms with van der Waals surface area (Å²) in [6.07, 6.45) is 1.81. The summed E-state index contributed by atoms with van der Waals surface area (Å²) >= 11 is 3.45. The number of amides is 1. The lowest BCUT2D eigenvalue weighted by atomic mass is 10.1. The van der Waals surface area contributed by atoms with Gasteiger partial charge in [0.15, 0.2) is 0 Å². The number of pyridine rings is 1. The van der Waals surface area contributed by atoms with E-state index >= 15 is 0 Å². The van der Waals surface area contributed by atoms with Gasteiger partial charge in [-0.3, -0.25) is 20.7 Å². The fourth-order valence-electron chi connectivity index (χ4n) is 2.43. The maximum atomic E-state index is 12.2. The first kappa shape index (κ1) is 15.2. The smallest absolute Gasteiger partial charge is 0.257 e. The van der Waals surface area contributed by atoms with Crippen LogP contribution in [0.4, 0.5) is 5.82 Å².